The topological polar surface area (TPSA) is 46.3 Å². The summed E-state index contributed by atoms with van der Waals surface area (Å²) in [5.41, 5.74) is 5.44. The highest BCUT2D eigenvalue weighted by atomic mass is 19.1. The highest BCUT2D eigenvalue weighted by Crippen LogP contribution is 2.19. The molecule has 0 aliphatic carbocycles. The van der Waals surface area contributed by atoms with E-state index in [1.165, 1.54) is 11.0 Å². The second-order valence-electron chi connectivity index (χ2n) is 4.57. The van der Waals surface area contributed by atoms with E-state index in [0.717, 1.165) is 0 Å². The second kappa shape index (κ2) is 4.61. The Balaban J connectivity index is 2.83. The van der Waals surface area contributed by atoms with Gasteiger partial charge in [0.2, 0.25) is 5.91 Å². The Hall–Kier alpha value is -1.42. The largest absolute Gasteiger partial charge is 0.325 e. The molecule has 3 nitrogen and oxygen atoms in total. The molecule has 0 unspecified atom stereocenters. The molecule has 0 atom stereocenters. The van der Waals surface area contributed by atoms with Crippen molar-refractivity contribution in [2.24, 2.45) is 5.73 Å². The minimum absolute atomic E-state index is 0.178. The predicted molar refractivity (Wildman–Crippen MR) is 62.7 cm³/mol. The second-order valence-corrected chi connectivity index (χ2v) is 4.57. The van der Waals surface area contributed by atoms with Crippen molar-refractivity contribution >= 4 is 11.6 Å². The smallest absolute Gasteiger partial charge is 0.228 e. The molecule has 0 spiro atoms. The number of nitrogens with zero attached hydrogens (tertiary/aromatic N) is 1. The maximum atomic E-state index is 13.4. The first-order valence-corrected chi connectivity index (χ1v) is 5.11. The summed E-state index contributed by atoms with van der Waals surface area (Å²) < 4.78 is 13.4. The van der Waals surface area contributed by atoms with Crippen LogP contribution in [0.3, 0.4) is 0 Å². The summed E-state index contributed by atoms with van der Waals surface area (Å²) in [5.74, 6) is -0.606. The van der Waals surface area contributed by atoms with E-state index >= 15 is 0 Å². The van der Waals surface area contributed by atoms with Crippen molar-refractivity contribution in [3.8, 4) is 0 Å². The van der Waals surface area contributed by atoms with Crippen LogP contribution in [0.25, 0.3) is 0 Å². The van der Waals surface area contributed by atoms with Crippen molar-refractivity contribution in [3.63, 3.8) is 0 Å². The van der Waals surface area contributed by atoms with Crippen LogP contribution < -0.4 is 10.6 Å². The summed E-state index contributed by atoms with van der Waals surface area (Å²) in [7, 11) is 1.55. The van der Waals surface area contributed by atoms with Crippen molar-refractivity contribution in [1.82, 2.24) is 0 Å². The van der Waals surface area contributed by atoms with Crippen LogP contribution >= 0.6 is 0 Å². The summed E-state index contributed by atoms with van der Waals surface area (Å²) in [6.45, 7) is 3.53. The van der Waals surface area contributed by atoms with E-state index in [4.69, 9.17) is 5.73 Å². The highest BCUT2D eigenvalue weighted by molar-refractivity contribution is 5.93. The molecule has 0 radical (unpaired) electrons. The number of rotatable bonds is 3. The first-order valence-electron chi connectivity index (χ1n) is 5.11. The van der Waals surface area contributed by atoms with Gasteiger partial charge >= 0.3 is 0 Å². The van der Waals surface area contributed by atoms with Crippen LogP contribution in [-0.4, -0.2) is 18.5 Å². The van der Waals surface area contributed by atoms with Crippen molar-refractivity contribution in [3.05, 3.63) is 30.1 Å². The third kappa shape index (κ3) is 3.31. The zero-order valence-electron chi connectivity index (χ0n) is 9.83. The Labute approximate surface area is 95.0 Å². The first kappa shape index (κ1) is 12.6. The summed E-state index contributed by atoms with van der Waals surface area (Å²) in [5, 5.41) is 0. The van der Waals surface area contributed by atoms with E-state index in [1.807, 2.05) is 0 Å². The van der Waals surface area contributed by atoms with E-state index in [-0.39, 0.29) is 18.0 Å². The molecule has 0 aliphatic rings. The molecule has 2 N–H and O–H groups in total. The molecule has 4 heteroatoms. The van der Waals surface area contributed by atoms with Gasteiger partial charge in [-0.2, -0.15) is 0 Å². The van der Waals surface area contributed by atoms with Gasteiger partial charge in [-0.1, -0.05) is 12.1 Å². The number of amides is 1. The molecule has 0 aliphatic heterocycles. The SMILES string of the molecule is CN(C(=O)CC(C)(C)N)c1ccccc1F. The van der Waals surface area contributed by atoms with E-state index in [2.05, 4.69) is 0 Å². The van der Waals surface area contributed by atoms with Gasteiger partial charge in [0.1, 0.15) is 5.82 Å². The van der Waals surface area contributed by atoms with Crippen molar-refractivity contribution < 1.29 is 9.18 Å². The molecule has 1 rings (SSSR count). The fraction of sp³-hybridized carbons (Fsp3) is 0.417. The molecule has 0 heterocycles. The van der Waals surface area contributed by atoms with Gasteiger partial charge in [0.05, 0.1) is 5.69 Å². The van der Waals surface area contributed by atoms with Crippen LogP contribution in [0.15, 0.2) is 24.3 Å². The Morgan fingerprint density at radius 2 is 2.00 bits per heavy atom. The fourth-order valence-corrected chi connectivity index (χ4v) is 1.37. The molecule has 0 fully saturated rings. The standard InChI is InChI=1S/C12H17FN2O/c1-12(2,14)8-11(16)15(3)10-7-5-4-6-9(10)13/h4-7H,8,14H2,1-3H3. The van der Waals surface area contributed by atoms with Crippen LogP contribution in [0.5, 0.6) is 0 Å². The van der Waals surface area contributed by atoms with E-state index in [1.54, 1.807) is 39.1 Å². The van der Waals surface area contributed by atoms with Crippen LogP contribution in [0.2, 0.25) is 0 Å². The molecule has 16 heavy (non-hydrogen) atoms. The molecular formula is C12H17FN2O. The number of carbonyl (C=O) groups excluding carboxylic acids is 1. The number of hydrogen-bond donors (Lipinski definition) is 1. The van der Waals surface area contributed by atoms with Gasteiger partial charge in [-0.15, -0.1) is 0 Å². The van der Waals surface area contributed by atoms with Crippen LogP contribution in [0, 0.1) is 5.82 Å². The van der Waals surface area contributed by atoms with E-state index < -0.39 is 11.4 Å². The van der Waals surface area contributed by atoms with Crippen molar-refractivity contribution in [2.45, 2.75) is 25.8 Å². The molecule has 1 aromatic rings. The Morgan fingerprint density at radius 1 is 1.44 bits per heavy atom. The van der Waals surface area contributed by atoms with Crippen molar-refractivity contribution in [2.75, 3.05) is 11.9 Å². The maximum Gasteiger partial charge on any atom is 0.228 e. The molecule has 0 saturated carbocycles. The molecule has 88 valence electrons. The lowest BCUT2D eigenvalue weighted by Gasteiger charge is -2.23. The lowest BCUT2D eigenvalue weighted by molar-refractivity contribution is -0.119. The summed E-state index contributed by atoms with van der Waals surface area (Å²) >= 11 is 0. The minimum atomic E-state index is -0.587. The van der Waals surface area contributed by atoms with E-state index in [9.17, 15) is 9.18 Å². The first-order chi connectivity index (χ1) is 7.31. The molecule has 0 saturated heterocycles. The van der Waals surface area contributed by atoms with Gasteiger partial charge in [0.15, 0.2) is 0 Å². The average Bonchev–Trinajstić information content (AvgIpc) is 2.15. The fourth-order valence-electron chi connectivity index (χ4n) is 1.37. The van der Waals surface area contributed by atoms with Gasteiger partial charge in [0.25, 0.3) is 0 Å². The Kier molecular flexibility index (Phi) is 3.65. The van der Waals surface area contributed by atoms with Gasteiger partial charge in [-0.25, -0.2) is 4.39 Å². The zero-order valence-corrected chi connectivity index (χ0v) is 9.83. The molecule has 1 aromatic carbocycles. The van der Waals surface area contributed by atoms with Crippen molar-refractivity contribution in [1.29, 1.82) is 0 Å². The summed E-state index contributed by atoms with van der Waals surface area (Å²) in [4.78, 5) is 13.1. The normalized spacial score (nSPS) is 11.3. The van der Waals surface area contributed by atoms with Gasteiger partial charge < -0.3 is 10.6 Å². The molecular weight excluding hydrogens is 207 g/mol. The quantitative estimate of drug-likeness (QED) is 0.852. The number of nitrogens with two attached hydrogens (primary N) is 1. The molecule has 0 aromatic heterocycles. The number of carbonyl (C=O) groups is 1. The van der Waals surface area contributed by atoms with Crippen LogP contribution in [0.4, 0.5) is 10.1 Å². The van der Waals surface area contributed by atoms with Crippen LogP contribution in [-0.2, 0) is 4.79 Å². The van der Waals surface area contributed by atoms with Gasteiger partial charge in [-0.3, -0.25) is 4.79 Å². The maximum absolute atomic E-state index is 13.4. The monoisotopic (exact) mass is 224 g/mol. The lowest BCUT2D eigenvalue weighted by Crippen LogP contribution is -2.40. The Bertz CT molecular complexity index is 385. The van der Waals surface area contributed by atoms with Gasteiger partial charge in [0, 0.05) is 19.0 Å². The third-order valence-electron chi connectivity index (χ3n) is 2.19. The lowest BCUT2D eigenvalue weighted by atomic mass is 10.0. The molecule has 1 amide bonds. The number of halogens is 1. The number of anilines is 1. The highest BCUT2D eigenvalue weighted by Gasteiger charge is 2.21. The molecule has 0 bridgehead atoms. The zero-order chi connectivity index (χ0) is 12.3. The minimum Gasteiger partial charge on any atom is -0.325 e. The summed E-state index contributed by atoms with van der Waals surface area (Å²) in [6.07, 6.45) is 0.178. The van der Waals surface area contributed by atoms with E-state index in [0.29, 0.717) is 0 Å². The van der Waals surface area contributed by atoms with Crippen LogP contribution in [0.1, 0.15) is 20.3 Å². The Morgan fingerprint density at radius 3 is 2.50 bits per heavy atom. The third-order valence-corrected chi connectivity index (χ3v) is 2.19. The number of benzene rings is 1. The van der Waals surface area contributed by atoms with Gasteiger partial charge in [-0.05, 0) is 26.0 Å². The summed E-state index contributed by atoms with van der Waals surface area (Å²) in [6, 6.07) is 6.17. The predicted octanol–water partition coefficient (Wildman–Crippen LogP) is 1.92. The average molecular weight is 224 g/mol. The number of hydrogen-bond acceptors (Lipinski definition) is 2. The number of para-hydroxylation sites is 1.